The Labute approximate surface area is 154 Å². The van der Waals surface area contributed by atoms with Gasteiger partial charge in [-0.3, -0.25) is 9.69 Å². The molecule has 1 aliphatic rings. The van der Waals surface area contributed by atoms with Gasteiger partial charge in [0, 0.05) is 11.5 Å². The summed E-state index contributed by atoms with van der Waals surface area (Å²) in [5, 5.41) is 0. The summed E-state index contributed by atoms with van der Waals surface area (Å²) in [6.07, 6.45) is 2.30. The molecule has 0 saturated heterocycles. The van der Waals surface area contributed by atoms with E-state index in [2.05, 4.69) is 6.92 Å². The summed E-state index contributed by atoms with van der Waals surface area (Å²) in [5.41, 5.74) is 2.20. The first-order valence-electron chi connectivity index (χ1n) is 9.33. The number of ether oxygens (including phenoxy) is 1. The molecule has 0 radical (unpaired) electrons. The number of Topliss-reactive ketones (excluding diaryl/α,β-unsaturated/α-hetero) is 1. The Kier molecular flexibility index (Phi) is 5.71. The summed E-state index contributed by atoms with van der Waals surface area (Å²) < 4.78 is 5.35. The number of ketones is 1. The van der Waals surface area contributed by atoms with E-state index in [0.717, 1.165) is 24.8 Å². The third-order valence-electron chi connectivity index (χ3n) is 4.90. The molecule has 0 saturated carbocycles. The molecular weight excluding hydrogens is 326 g/mol. The Morgan fingerprint density at radius 3 is 2.42 bits per heavy atom. The molecule has 4 heteroatoms. The van der Waals surface area contributed by atoms with Crippen LogP contribution in [0.2, 0.25) is 0 Å². The molecule has 4 nitrogen and oxygen atoms in total. The van der Waals surface area contributed by atoms with Crippen molar-refractivity contribution in [3.63, 3.8) is 0 Å². The molecular formula is C22H25NO3. The molecule has 136 valence electrons. The summed E-state index contributed by atoms with van der Waals surface area (Å²) >= 11 is 0. The monoisotopic (exact) mass is 351 g/mol. The fourth-order valence-electron chi connectivity index (χ4n) is 3.71. The normalized spacial score (nSPS) is 19.2. The molecule has 1 heterocycles. The van der Waals surface area contributed by atoms with Crippen molar-refractivity contribution in [2.24, 2.45) is 5.92 Å². The second-order valence-corrected chi connectivity index (χ2v) is 6.55. The topological polar surface area (TPSA) is 46.6 Å². The predicted molar refractivity (Wildman–Crippen MR) is 102 cm³/mol. The lowest BCUT2D eigenvalue weighted by molar-refractivity contribution is 0.0870. The van der Waals surface area contributed by atoms with Crippen molar-refractivity contribution in [3.05, 3.63) is 65.7 Å². The third kappa shape index (κ3) is 3.36. The van der Waals surface area contributed by atoms with Crippen molar-refractivity contribution >= 4 is 17.6 Å². The van der Waals surface area contributed by atoms with E-state index in [-0.39, 0.29) is 17.7 Å². The van der Waals surface area contributed by atoms with Crippen molar-refractivity contribution in [1.29, 1.82) is 0 Å². The maximum Gasteiger partial charge on any atom is 0.414 e. The molecule has 0 fully saturated rings. The standard InChI is InChI=1S/C22H25NO3/c1-3-5-13-18-20(16-11-7-6-8-12-16)23(22(25)26-4-2)19-15-10-9-14-17(19)21(18)24/h6-12,14-15,18,20H,3-5,13H2,1-2H3/t18-,20-/m0/s1. The van der Waals surface area contributed by atoms with Crippen LogP contribution in [0, 0.1) is 5.92 Å². The number of amides is 1. The van der Waals surface area contributed by atoms with Gasteiger partial charge in [-0.05, 0) is 31.0 Å². The van der Waals surface area contributed by atoms with E-state index in [4.69, 9.17) is 4.74 Å². The lowest BCUT2D eigenvalue weighted by atomic mass is 9.78. The Hall–Kier alpha value is -2.62. The van der Waals surface area contributed by atoms with Crippen LogP contribution in [0.15, 0.2) is 54.6 Å². The van der Waals surface area contributed by atoms with Crippen LogP contribution in [-0.4, -0.2) is 18.5 Å². The van der Waals surface area contributed by atoms with Crippen LogP contribution in [0.25, 0.3) is 0 Å². The van der Waals surface area contributed by atoms with Crippen LogP contribution >= 0.6 is 0 Å². The molecule has 0 N–H and O–H groups in total. The van der Waals surface area contributed by atoms with E-state index in [1.165, 1.54) is 0 Å². The smallest absolute Gasteiger partial charge is 0.414 e. The van der Waals surface area contributed by atoms with Gasteiger partial charge in [0.25, 0.3) is 0 Å². The number of rotatable bonds is 5. The van der Waals surface area contributed by atoms with Gasteiger partial charge in [0.05, 0.1) is 18.3 Å². The van der Waals surface area contributed by atoms with Gasteiger partial charge in [0.15, 0.2) is 5.78 Å². The maximum absolute atomic E-state index is 13.3. The minimum Gasteiger partial charge on any atom is -0.449 e. The van der Waals surface area contributed by atoms with Gasteiger partial charge in [-0.25, -0.2) is 4.79 Å². The molecule has 0 bridgehead atoms. The number of nitrogens with zero attached hydrogens (tertiary/aromatic N) is 1. The molecule has 1 amide bonds. The second kappa shape index (κ2) is 8.17. The Morgan fingerprint density at radius 1 is 1.04 bits per heavy atom. The number of hydrogen-bond acceptors (Lipinski definition) is 3. The van der Waals surface area contributed by atoms with Crippen molar-refractivity contribution in [3.8, 4) is 0 Å². The van der Waals surface area contributed by atoms with Crippen LogP contribution in [0.3, 0.4) is 0 Å². The Bertz CT molecular complexity index is 772. The van der Waals surface area contributed by atoms with E-state index in [0.29, 0.717) is 17.9 Å². The number of unbranched alkanes of at least 4 members (excludes halogenated alkanes) is 1. The van der Waals surface area contributed by atoms with Crippen molar-refractivity contribution < 1.29 is 14.3 Å². The van der Waals surface area contributed by atoms with E-state index < -0.39 is 6.09 Å². The highest BCUT2D eigenvalue weighted by molar-refractivity contribution is 6.09. The van der Waals surface area contributed by atoms with Crippen LogP contribution in [0.5, 0.6) is 0 Å². The summed E-state index contributed by atoms with van der Waals surface area (Å²) in [6, 6.07) is 16.8. The zero-order chi connectivity index (χ0) is 18.5. The van der Waals surface area contributed by atoms with E-state index in [1.807, 2.05) is 54.6 Å². The van der Waals surface area contributed by atoms with Crippen molar-refractivity contribution in [2.75, 3.05) is 11.5 Å². The number of fused-ring (bicyclic) bond motifs is 1. The predicted octanol–water partition coefficient (Wildman–Crippen LogP) is 5.39. The minimum atomic E-state index is -0.400. The van der Waals surface area contributed by atoms with Gasteiger partial charge >= 0.3 is 6.09 Å². The van der Waals surface area contributed by atoms with Gasteiger partial charge in [0.1, 0.15) is 0 Å². The van der Waals surface area contributed by atoms with E-state index in [1.54, 1.807) is 11.8 Å². The molecule has 2 aromatic rings. The molecule has 0 aromatic heterocycles. The fraction of sp³-hybridized carbons (Fsp3) is 0.364. The van der Waals surface area contributed by atoms with Gasteiger partial charge in [-0.1, -0.05) is 62.2 Å². The molecule has 26 heavy (non-hydrogen) atoms. The summed E-state index contributed by atoms with van der Waals surface area (Å²) in [5.74, 6) is -0.153. The highest BCUT2D eigenvalue weighted by Gasteiger charge is 2.43. The summed E-state index contributed by atoms with van der Waals surface area (Å²) in [7, 11) is 0. The molecule has 0 unspecified atom stereocenters. The number of benzene rings is 2. The van der Waals surface area contributed by atoms with Gasteiger partial charge in [-0.2, -0.15) is 0 Å². The maximum atomic E-state index is 13.3. The average Bonchev–Trinajstić information content (AvgIpc) is 2.68. The quantitative estimate of drug-likeness (QED) is 0.725. The zero-order valence-electron chi connectivity index (χ0n) is 15.4. The molecule has 2 atom stereocenters. The first-order chi connectivity index (χ1) is 12.7. The van der Waals surface area contributed by atoms with Crippen molar-refractivity contribution in [1.82, 2.24) is 0 Å². The lowest BCUT2D eigenvalue weighted by Gasteiger charge is -2.41. The van der Waals surface area contributed by atoms with Gasteiger partial charge in [-0.15, -0.1) is 0 Å². The van der Waals surface area contributed by atoms with Gasteiger partial charge < -0.3 is 4.74 Å². The number of hydrogen-bond donors (Lipinski definition) is 0. The number of anilines is 1. The van der Waals surface area contributed by atoms with E-state index >= 15 is 0 Å². The Balaban J connectivity index is 2.16. The number of carbonyl (C=O) groups is 2. The first-order valence-corrected chi connectivity index (χ1v) is 9.33. The fourth-order valence-corrected chi connectivity index (χ4v) is 3.71. The minimum absolute atomic E-state index is 0.114. The van der Waals surface area contributed by atoms with Crippen LogP contribution in [0.4, 0.5) is 10.5 Å². The lowest BCUT2D eigenvalue weighted by Crippen LogP contribution is -2.46. The molecule has 0 spiro atoms. The third-order valence-corrected chi connectivity index (χ3v) is 4.90. The highest BCUT2D eigenvalue weighted by Crippen LogP contribution is 2.44. The van der Waals surface area contributed by atoms with Crippen LogP contribution in [0.1, 0.15) is 55.1 Å². The first kappa shape index (κ1) is 18.2. The molecule has 0 aliphatic carbocycles. The summed E-state index contributed by atoms with van der Waals surface area (Å²) in [6.45, 7) is 4.21. The second-order valence-electron chi connectivity index (χ2n) is 6.55. The Morgan fingerprint density at radius 2 is 1.73 bits per heavy atom. The largest absolute Gasteiger partial charge is 0.449 e. The highest BCUT2D eigenvalue weighted by atomic mass is 16.6. The van der Waals surface area contributed by atoms with Crippen LogP contribution < -0.4 is 4.90 Å². The number of para-hydroxylation sites is 1. The average molecular weight is 351 g/mol. The van der Waals surface area contributed by atoms with Gasteiger partial charge in [0.2, 0.25) is 0 Å². The molecule has 2 aromatic carbocycles. The molecule has 3 rings (SSSR count). The van der Waals surface area contributed by atoms with E-state index in [9.17, 15) is 9.59 Å². The van der Waals surface area contributed by atoms with Crippen molar-refractivity contribution in [2.45, 2.75) is 39.2 Å². The summed E-state index contributed by atoms with van der Waals surface area (Å²) in [4.78, 5) is 27.8. The zero-order valence-corrected chi connectivity index (χ0v) is 15.4. The SMILES string of the molecule is CCCC[C@@H]1C(=O)c2ccccc2N(C(=O)OCC)[C@H]1c1ccccc1. The number of carbonyl (C=O) groups excluding carboxylic acids is 2. The van der Waals surface area contributed by atoms with Crippen LogP contribution in [-0.2, 0) is 4.74 Å². The molecule has 1 aliphatic heterocycles.